The fourth-order valence-corrected chi connectivity index (χ4v) is 1.20. The molecule has 0 heterocycles. The minimum atomic E-state index is -4.03. The van der Waals surface area contributed by atoms with Crippen molar-refractivity contribution in [2.75, 3.05) is 0 Å². The van der Waals surface area contributed by atoms with Gasteiger partial charge in [0, 0.05) is 0 Å². The maximum atomic E-state index is 12.8. The fourth-order valence-electron chi connectivity index (χ4n) is 0.898. The molecule has 0 saturated heterocycles. The van der Waals surface area contributed by atoms with Crippen LogP contribution in [0.5, 0.6) is 0 Å². The van der Waals surface area contributed by atoms with E-state index in [1.54, 1.807) is 6.07 Å². The Hall–Kier alpha value is -1.49. The third-order valence-corrected chi connectivity index (χ3v) is 1.99. The Labute approximate surface area is 86.1 Å². The number of hydrogen-bond acceptors (Lipinski definition) is 4. The molecule has 0 aliphatic heterocycles. The summed E-state index contributed by atoms with van der Waals surface area (Å²) in [4.78, 5) is 0. The minimum absolute atomic E-state index is 0.175. The van der Waals surface area contributed by atoms with E-state index in [0.717, 1.165) is 6.07 Å². The second-order valence-electron chi connectivity index (χ2n) is 2.68. The summed E-state index contributed by atoms with van der Waals surface area (Å²) in [5, 5.41) is 13.1. The second kappa shape index (κ2) is 4.35. The van der Waals surface area contributed by atoms with Crippen molar-refractivity contribution >= 4 is 10.3 Å². The van der Waals surface area contributed by atoms with Gasteiger partial charge < -0.3 is 0 Å². The summed E-state index contributed by atoms with van der Waals surface area (Å²) in [6.45, 7) is -0.326. The molecule has 2 N–H and O–H groups in total. The van der Waals surface area contributed by atoms with Crippen LogP contribution >= 0.6 is 0 Å². The highest BCUT2D eigenvalue weighted by Crippen LogP contribution is 2.10. The quantitative estimate of drug-likeness (QED) is 0.814. The first kappa shape index (κ1) is 11.6. The number of nitrogens with two attached hydrogens (primary N) is 1. The Morgan fingerprint density at radius 2 is 2.20 bits per heavy atom. The second-order valence-corrected chi connectivity index (χ2v) is 3.90. The summed E-state index contributed by atoms with van der Waals surface area (Å²) < 4.78 is 38.0. The first-order chi connectivity index (χ1) is 6.92. The number of rotatable bonds is 3. The van der Waals surface area contributed by atoms with Crippen LogP contribution in [0, 0.1) is 17.1 Å². The summed E-state index contributed by atoms with van der Waals surface area (Å²) in [6, 6.07) is 5.18. The van der Waals surface area contributed by atoms with Gasteiger partial charge in [0.2, 0.25) is 0 Å². The van der Waals surface area contributed by atoms with Gasteiger partial charge in [0.25, 0.3) is 0 Å². The molecule has 0 aliphatic carbocycles. The highest BCUT2D eigenvalue weighted by Gasteiger charge is 2.06. The molecule has 0 unspecified atom stereocenters. The molecule has 0 amide bonds. The Balaban J connectivity index is 2.85. The molecule has 0 atom stereocenters. The van der Waals surface area contributed by atoms with Gasteiger partial charge in [-0.2, -0.15) is 13.7 Å². The molecule has 15 heavy (non-hydrogen) atoms. The van der Waals surface area contributed by atoms with Gasteiger partial charge in [0.1, 0.15) is 11.9 Å². The molecular formula is C8H7FN2O3S. The van der Waals surface area contributed by atoms with Crippen LogP contribution in [0.4, 0.5) is 4.39 Å². The highest BCUT2D eigenvalue weighted by atomic mass is 32.2. The van der Waals surface area contributed by atoms with Crippen LogP contribution in [-0.2, 0) is 21.1 Å². The van der Waals surface area contributed by atoms with E-state index in [9.17, 15) is 12.8 Å². The Kier molecular flexibility index (Phi) is 3.36. The first-order valence-corrected chi connectivity index (χ1v) is 5.25. The number of halogens is 1. The van der Waals surface area contributed by atoms with Gasteiger partial charge in [-0.05, 0) is 17.7 Å². The van der Waals surface area contributed by atoms with Crippen molar-refractivity contribution in [3.8, 4) is 6.07 Å². The van der Waals surface area contributed by atoms with Crippen molar-refractivity contribution in [2.24, 2.45) is 5.14 Å². The van der Waals surface area contributed by atoms with Gasteiger partial charge in [0.15, 0.2) is 0 Å². The molecule has 80 valence electrons. The highest BCUT2D eigenvalue weighted by molar-refractivity contribution is 7.84. The summed E-state index contributed by atoms with van der Waals surface area (Å²) in [5.74, 6) is -0.670. The predicted octanol–water partition coefficient (Wildman–Crippen LogP) is 0.417. The summed E-state index contributed by atoms with van der Waals surface area (Å²) in [7, 11) is -4.03. The van der Waals surface area contributed by atoms with Crippen molar-refractivity contribution in [3.05, 3.63) is 35.1 Å². The maximum Gasteiger partial charge on any atom is 0.333 e. The van der Waals surface area contributed by atoms with Crippen molar-refractivity contribution in [1.82, 2.24) is 0 Å². The molecule has 0 aliphatic rings. The molecule has 7 heteroatoms. The van der Waals surface area contributed by atoms with E-state index in [-0.39, 0.29) is 12.2 Å². The molecule has 1 aromatic carbocycles. The topological polar surface area (TPSA) is 93.2 Å². The predicted molar refractivity (Wildman–Crippen MR) is 49.0 cm³/mol. The first-order valence-electron chi connectivity index (χ1n) is 3.78. The zero-order valence-electron chi connectivity index (χ0n) is 7.47. The molecule has 0 bridgehead atoms. The van der Waals surface area contributed by atoms with Crippen molar-refractivity contribution in [2.45, 2.75) is 6.61 Å². The Bertz CT molecular complexity index is 507. The lowest BCUT2D eigenvalue weighted by atomic mass is 10.1. The van der Waals surface area contributed by atoms with Crippen molar-refractivity contribution < 1.29 is 17.0 Å². The largest absolute Gasteiger partial charge is 0.333 e. The van der Waals surface area contributed by atoms with Gasteiger partial charge in [-0.15, -0.1) is 0 Å². The molecule has 1 rings (SSSR count). The van der Waals surface area contributed by atoms with Crippen molar-refractivity contribution in [3.63, 3.8) is 0 Å². The van der Waals surface area contributed by atoms with Crippen LogP contribution in [0.1, 0.15) is 11.1 Å². The van der Waals surface area contributed by atoms with E-state index in [4.69, 9.17) is 5.26 Å². The van der Waals surface area contributed by atoms with Gasteiger partial charge in [0.05, 0.1) is 12.2 Å². The third-order valence-electron chi connectivity index (χ3n) is 1.54. The van der Waals surface area contributed by atoms with E-state index in [1.165, 1.54) is 12.1 Å². The third kappa shape index (κ3) is 3.63. The van der Waals surface area contributed by atoms with Gasteiger partial charge in [-0.3, -0.25) is 4.18 Å². The van der Waals surface area contributed by atoms with Crippen LogP contribution in [0.15, 0.2) is 18.2 Å². The summed E-state index contributed by atoms with van der Waals surface area (Å²) in [5.41, 5.74) is 0.174. The molecule has 0 saturated carbocycles. The lowest BCUT2D eigenvalue weighted by Gasteiger charge is -2.01. The zero-order valence-corrected chi connectivity index (χ0v) is 8.29. The van der Waals surface area contributed by atoms with Crippen molar-refractivity contribution in [1.29, 1.82) is 5.26 Å². The lowest BCUT2D eigenvalue weighted by Crippen LogP contribution is -2.15. The zero-order chi connectivity index (χ0) is 11.5. The monoisotopic (exact) mass is 230 g/mol. The fraction of sp³-hybridized carbons (Fsp3) is 0.125. The SMILES string of the molecule is N#Cc1cc(COS(N)(=O)=O)ccc1F. The van der Waals surface area contributed by atoms with E-state index in [0.29, 0.717) is 5.56 Å². The maximum absolute atomic E-state index is 12.8. The number of benzene rings is 1. The van der Waals surface area contributed by atoms with E-state index < -0.39 is 16.1 Å². The van der Waals surface area contributed by atoms with Gasteiger partial charge in [-0.25, -0.2) is 9.53 Å². The molecule has 0 radical (unpaired) electrons. The molecule has 0 fully saturated rings. The van der Waals surface area contributed by atoms with E-state index >= 15 is 0 Å². The summed E-state index contributed by atoms with van der Waals surface area (Å²) >= 11 is 0. The van der Waals surface area contributed by atoms with E-state index in [2.05, 4.69) is 9.32 Å². The molecule has 0 spiro atoms. The van der Waals surface area contributed by atoms with Crippen LogP contribution < -0.4 is 5.14 Å². The van der Waals surface area contributed by atoms with Gasteiger partial charge >= 0.3 is 10.3 Å². The average molecular weight is 230 g/mol. The molecule has 5 nitrogen and oxygen atoms in total. The molecular weight excluding hydrogens is 223 g/mol. The Morgan fingerprint density at radius 3 is 2.73 bits per heavy atom. The minimum Gasteiger partial charge on any atom is -0.253 e. The average Bonchev–Trinajstić information content (AvgIpc) is 2.15. The lowest BCUT2D eigenvalue weighted by molar-refractivity contribution is 0.308. The number of nitrogens with zero attached hydrogens (tertiary/aromatic N) is 1. The molecule has 1 aromatic rings. The smallest absolute Gasteiger partial charge is 0.253 e. The Morgan fingerprint density at radius 1 is 1.53 bits per heavy atom. The van der Waals surface area contributed by atoms with Crippen LogP contribution in [0.2, 0.25) is 0 Å². The summed E-state index contributed by atoms with van der Waals surface area (Å²) in [6.07, 6.45) is 0. The van der Waals surface area contributed by atoms with Crippen LogP contribution in [0.25, 0.3) is 0 Å². The van der Waals surface area contributed by atoms with E-state index in [1.807, 2.05) is 0 Å². The normalized spacial score (nSPS) is 11.0. The number of nitriles is 1. The standard InChI is InChI=1S/C8H7FN2O3S/c9-8-2-1-6(3-7(8)4-10)5-14-15(11,12)13/h1-3H,5H2,(H2,11,12,13). The van der Waals surface area contributed by atoms with Crippen LogP contribution in [-0.4, -0.2) is 8.42 Å². The molecule has 0 aromatic heterocycles. The van der Waals surface area contributed by atoms with Crippen LogP contribution in [0.3, 0.4) is 0 Å². The number of hydrogen-bond donors (Lipinski definition) is 1. The van der Waals surface area contributed by atoms with Gasteiger partial charge in [-0.1, -0.05) is 6.07 Å².